The summed E-state index contributed by atoms with van der Waals surface area (Å²) in [4.78, 5) is 26.5. The average Bonchev–Trinajstić information content (AvgIpc) is 2.68. The summed E-state index contributed by atoms with van der Waals surface area (Å²) >= 11 is 0. The van der Waals surface area contributed by atoms with Crippen molar-refractivity contribution in [3.05, 3.63) is 35.9 Å². The Morgan fingerprint density at radius 2 is 1.69 bits per heavy atom. The van der Waals surface area contributed by atoms with Crippen LogP contribution in [0.5, 0.6) is 0 Å². The zero-order chi connectivity index (χ0) is 19.2. The molecule has 1 aromatic rings. The molecule has 5 nitrogen and oxygen atoms in total. The highest BCUT2D eigenvalue weighted by Crippen LogP contribution is 2.40. The Kier molecular flexibility index (Phi) is 7.40. The van der Waals surface area contributed by atoms with E-state index >= 15 is 0 Å². The molecule has 0 radical (unpaired) electrons. The van der Waals surface area contributed by atoms with Crippen molar-refractivity contribution in [2.75, 3.05) is 6.61 Å². The summed E-state index contributed by atoms with van der Waals surface area (Å²) < 4.78 is 11.7. The number of β-lactam (4-membered cyclic amide) rings is 1. The van der Waals surface area contributed by atoms with Crippen LogP contribution >= 0.6 is 0 Å². The molecule has 2 rings (SSSR count). The van der Waals surface area contributed by atoms with Gasteiger partial charge in [0.2, 0.25) is 0 Å². The van der Waals surface area contributed by atoms with E-state index in [1.54, 1.807) is 0 Å². The second-order valence-corrected chi connectivity index (χ2v) is 11.5. The molecule has 6 heteroatoms. The standard InChI is InChI=1S/C20H31NO4Si/c1-5-9-15-24-20(23)21-17(16-13-11-10-12-14-16)18(19(21)22)25-26(6-2,7-3)8-4/h10-14,17-18H,5-9,15H2,1-4H3. The normalized spacial score (nSPS) is 20.0. The third-order valence-electron chi connectivity index (χ3n) is 5.42. The molecule has 26 heavy (non-hydrogen) atoms. The number of amides is 2. The smallest absolute Gasteiger partial charge is 0.417 e. The van der Waals surface area contributed by atoms with Crippen molar-refractivity contribution in [2.24, 2.45) is 0 Å². The minimum Gasteiger partial charge on any atom is -0.449 e. The number of benzene rings is 1. The number of carbonyl (C=O) groups excluding carboxylic acids is 2. The predicted octanol–water partition coefficient (Wildman–Crippen LogP) is 4.90. The van der Waals surface area contributed by atoms with Crippen LogP contribution < -0.4 is 0 Å². The maximum atomic E-state index is 12.8. The van der Waals surface area contributed by atoms with Gasteiger partial charge in [-0.25, -0.2) is 9.69 Å². The fourth-order valence-electron chi connectivity index (χ4n) is 3.40. The molecular weight excluding hydrogens is 346 g/mol. The quantitative estimate of drug-likeness (QED) is 0.349. The van der Waals surface area contributed by atoms with Gasteiger partial charge in [-0.2, -0.15) is 0 Å². The summed E-state index contributed by atoms with van der Waals surface area (Å²) in [5.74, 6) is -0.271. The highest BCUT2D eigenvalue weighted by molar-refractivity contribution is 6.73. The maximum Gasteiger partial charge on any atom is 0.417 e. The van der Waals surface area contributed by atoms with E-state index in [0.717, 1.165) is 36.5 Å². The van der Waals surface area contributed by atoms with Crippen molar-refractivity contribution in [2.45, 2.75) is 70.8 Å². The summed E-state index contributed by atoms with van der Waals surface area (Å²) in [6.45, 7) is 8.78. The van der Waals surface area contributed by atoms with Crippen LogP contribution in [0, 0.1) is 0 Å². The van der Waals surface area contributed by atoms with Gasteiger partial charge in [-0.05, 0) is 30.1 Å². The lowest BCUT2D eigenvalue weighted by Gasteiger charge is -2.48. The minimum absolute atomic E-state index is 0.271. The first kappa shape index (κ1) is 20.6. The SMILES string of the molecule is CCCCOC(=O)N1C(=O)C(O[Si](CC)(CC)CC)C1c1ccccc1. The molecule has 0 spiro atoms. The van der Waals surface area contributed by atoms with Crippen molar-refractivity contribution in [1.29, 1.82) is 0 Å². The van der Waals surface area contributed by atoms with E-state index in [2.05, 4.69) is 20.8 Å². The van der Waals surface area contributed by atoms with E-state index in [-0.39, 0.29) is 5.91 Å². The molecule has 1 heterocycles. The average molecular weight is 378 g/mol. The summed E-state index contributed by atoms with van der Waals surface area (Å²) in [5.41, 5.74) is 0.913. The second kappa shape index (κ2) is 9.32. The molecule has 0 bridgehead atoms. The molecule has 1 aliphatic rings. The minimum atomic E-state index is -1.96. The lowest BCUT2D eigenvalue weighted by molar-refractivity contribution is -0.160. The molecule has 2 atom stereocenters. The van der Waals surface area contributed by atoms with Crippen molar-refractivity contribution in [1.82, 2.24) is 4.90 Å². The summed E-state index contributed by atoms with van der Waals surface area (Å²) in [6.07, 6.45) is 0.588. The molecule has 1 saturated heterocycles. The number of nitrogens with zero attached hydrogens (tertiary/aromatic N) is 1. The number of unbranched alkanes of at least 4 members (excludes halogenated alkanes) is 1. The predicted molar refractivity (Wildman–Crippen MR) is 104 cm³/mol. The summed E-state index contributed by atoms with van der Waals surface area (Å²) in [7, 11) is -1.96. The Balaban J connectivity index is 2.23. The molecule has 0 saturated carbocycles. The van der Waals surface area contributed by atoms with Gasteiger partial charge in [-0.15, -0.1) is 0 Å². The van der Waals surface area contributed by atoms with Crippen LogP contribution in [0.4, 0.5) is 4.79 Å². The number of rotatable bonds is 9. The fraction of sp³-hybridized carbons (Fsp3) is 0.600. The summed E-state index contributed by atoms with van der Waals surface area (Å²) in [6, 6.07) is 12.1. The van der Waals surface area contributed by atoms with Crippen LogP contribution in [-0.4, -0.2) is 37.9 Å². The number of ether oxygens (including phenoxy) is 1. The van der Waals surface area contributed by atoms with E-state index in [1.807, 2.05) is 37.3 Å². The first-order valence-electron chi connectivity index (χ1n) is 9.76. The van der Waals surface area contributed by atoms with Gasteiger partial charge in [0, 0.05) is 0 Å². The van der Waals surface area contributed by atoms with Gasteiger partial charge in [-0.1, -0.05) is 64.4 Å². The second-order valence-electron chi connectivity index (χ2n) is 6.81. The molecule has 2 unspecified atom stereocenters. The number of carbonyl (C=O) groups is 2. The molecule has 144 valence electrons. The van der Waals surface area contributed by atoms with Gasteiger partial charge in [0.15, 0.2) is 14.4 Å². The molecule has 0 N–H and O–H groups in total. The van der Waals surface area contributed by atoms with Crippen molar-refractivity contribution in [3.63, 3.8) is 0 Å². The van der Waals surface area contributed by atoms with E-state index < -0.39 is 26.6 Å². The van der Waals surface area contributed by atoms with Crippen LogP contribution in [0.2, 0.25) is 18.1 Å². The lowest BCUT2D eigenvalue weighted by atomic mass is 9.91. The Bertz CT molecular complexity index is 595. The largest absolute Gasteiger partial charge is 0.449 e. The highest BCUT2D eigenvalue weighted by Gasteiger charge is 2.55. The van der Waals surface area contributed by atoms with E-state index in [1.165, 1.54) is 4.90 Å². The van der Waals surface area contributed by atoms with Crippen LogP contribution in [0.25, 0.3) is 0 Å². The zero-order valence-electron chi connectivity index (χ0n) is 16.4. The topological polar surface area (TPSA) is 55.8 Å². The van der Waals surface area contributed by atoms with Crippen molar-refractivity contribution >= 4 is 20.3 Å². The van der Waals surface area contributed by atoms with E-state index in [0.29, 0.717) is 6.61 Å². The Morgan fingerprint density at radius 3 is 2.23 bits per heavy atom. The molecule has 1 fully saturated rings. The highest BCUT2D eigenvalue weighted by atomic mass is 28.4. The lowest BCUT2D eigenvalue weighted by Crippen LogP contribution is -2.64. The number of hydrogen-bond donors (Lipinski definition) is 0. The van der Waals surface area contributed by atoms with Gasteiger partial charge < -0.3 is 9.16 Å². The Hall–Kier alpha value is -1.66. The van der Waals surface area contributed by atoms with Gasteiger partial charge in [0.1, 0.15) is 6.04 Å². The molecule has 2 amide bonds. The number of likely N-dealkylation sites (tertiary alicyclic amines) is 1. The molecule has 1 aromatic carbocycles. The molecular formula is C20H31NO4Si. The van der Waals surface area contributed by atoms with Crippen molar-refractivity contribution in [3.8, 4) is 0 Å². The third-order valence-corrected chi connectivity index (χ3v) is 10.0. The van der Waals surface area contributed by atoms with Gasteiger partial charge in [0.25, 0.3) is 5.91 Å². The molecule has 1 aliphatic heterocycles. The first-order chi connectivity index (χ1) is 12.5. The van der Waals surface area contributed by atoms with Crippen molar-refractivity contribution < 1.29 is 18.8 Å². The molecule has 0 aromatic heterocycles. The Labute approximate surface area is 157 Å². The number of imide groups is 1. The van der Waals surface area contributed by atoms with Crippen LogP contribution in [-0.2, 0) is 14.0 Å². The van der Waals surface area contributed by atoms with Crippen LogP contribution in [0.15, 0.2) is 30.3 Å². The Morgan fingerprint density at radius 1 is 1.08 bits per heavy atom. The number of hydrogen-bond acceptors (Lipinski definition) is 4. The third kappa shape index (κ3) is 4.18. The van der Waals surface area contributed by atoms with Crippen LogP contribution in [0.3, 0.4) is 0 Å². The van der Waals surface area contributed by atoms with Crippen LogP contribution in [0.1, 0.15) is 52.1 Å². The monoisotopic (exact) mass is 377 g/mol. The summed E-state index contributed by atoms with van der Waals surface area (Å²) in [5, 5.41) is 0. The maximum absolute atomic E-state index is 12.8. The van der Waals surface area contributed by atoms with Gasteiger partial charge in [0.05, 0.1) is 6.61 Å². The van der Waals surface area contributed by atoms with Gasteiger partial charge in [-0.3, -0.25) is 4.79 Å². The molecule has 0 aliphatic carbocycles. The van der Waals surface area contributed by atoms with E-state index in [9.17, 15) is 9.59 Å². The first-order valence-corrected chi connectivity index (χ1v) is 12.3. The van der Waals surface area contributed by atoms with E-state index in [4.69, 9.17) is 9.16 Å². The zero-order valence-corrected chi connectivity index (χ0v) is 17.4. The van der Waals surface area contributed by atoms with Gasteiger partial charge >= 0.3 is 6.09 Å². The fourth-order valence-corrected chi connectivity index (χ4v) is 6.17.